The molecule has 0 saturated carbocycles. The molecule has 0 amide bonds. The van der Waals surface area contributed by atoms with Gasteiger partial charge >= 0.3 is 0 Å². The van der Waals surface area contributed by atoms with E-state index in [0.717, 1.165) is 10.2 Å². The Morgan fingerprint density at radius 3 is 2.71 bits per heavy atom. The summed E-state index contributed by atoms with van der Waals surface area (Å²) in [5.74, 6) is 5.96. The van der Waals surface area contributed by atoms with E-state index in [-0.39, 0.29) is 6.04 Å². The second-order valence-corrected chi connectivity index (χ2v) is 3.99. The molecule has 1 heterocycles. The fourth-order valence-corrected chi connectivity index (χ4v) is 1.19. The molecular weight excluding hydrogens is 244 g/mol. The smallest absolute Gasteiger partial charge is 0.161 e. The monoisotopic (exact) mass is 256 g/mol. The average molecular weight is 257 g/mol. The summed E-state index contributed by atoms with van der Waals surface area (Å²) in [5, 5.41) is 0. The minimum Gasteiger partial charge on any atom is -0.307 e. The van der Waals surface area contributed by atoms with Crippen molar-refractivity contribution >= 4 is 21.8 Å². The molecule has 0 spiro atoms. The van der Waals surface area contributed by atoms with Gasteiger partial charge in [0.15, 0.2) is 5.84 Å². The van der Waals surface area contributed by atoms with Crippen LogP contribution >= 0.6 is 15.9 Å². The Kier molecular flexibility index (Phi) is 4.03. The largest absolute Gasteiger partial charge is 0.307 e. The van der Waals surface area contributed by atoms with Crippen LogP contribution in [0.2, 0.25) is 0 Å². The molecule has 1 aromatic rings. The van der Waals surface area contributed by atoms with E-state index in [2.05, 4.69) is 31.3 Å². The molecule has 1 aromatic heterocycles. The highest BCUT2D eigenvalue weighted by atomic mass is 79.9. The van der Waals surface area contributed by atoms with Gasteiger partial charge in [-0.2, -0.15) is 0 Å². The van der Waals surface area contributed by atoms with Gasteiger partial charge in [0.1, 0.15) is 5.69 Å². The number of aliphatic imine (C=N–C) groups is 1. The first-order valence-corrected chi connectivity index (χ1v) is 5.09. The van der Waals surface area contributed by atoms with Crippen molar-refractivity contribution in [3.8, 4) is 0 Å². The van der Waals surface area contributed by atoms with Gasteiger partial charge in [0, 0.05) is 16.7 Å². The van der Waals surface area contributed by atoms with Crippen LogP contribution in [0.5, 0.6) is 0 Å². The number of halogens is 1. The van der Waals surface area contributed by atoms with Crippen molar-refractivity contribution in [2.75, 3.05) is 0 Å². The molecule has 14 heavy (non-hydrogen) atoms. The van der Waals surface area contributed by atoms with E-state index in [9.17, 15) is 0 Å². The van der Waals surface area contributed by atoms with Crippen LogP contribution < -0.4 is 11.3 Å². The van der Waals surface area contributed by atoms with Crippen molar-refractivity contribution in [1.29, 1.82) is 0 Å². The summed E-state index contributed by atoms with van der Waals surface area (Å²) in [6.45, 7) is 3.96. The molecule has 1 rings (SSSR count). The van der Waals surface area contributed by atoms with Crippen LogP contribution in [0, 0.1) is 0 Å². The summed E-state index contributed by atoms with van der Waals surface area (Å²) in [4.78, 5) is 8.48. The predicted molar refractivity (Wildman–Crippen MR) is 60.9 cm³/mol. The number of hydrogen-bond acceptors (Lipinski definition) is 3. The lowest BCUT2D eigenvalue weighted by Gasteiger charge is -2.06. The average Bonchev–Trinajstić information content (AvgIpc) is 2.15. The lowest BCUT2D eigenvalue weighted by molar-refractivity contribution is 0.818. The third-order valence-electron chi connectivity index (χ3n) is 1.49. The first-order chi connectivity index (χ1) is 6.63. The molecule has 0 unspecified atom stereocenters. The molecule has 0 aliphatic rings. The molecule has 0 aromatic carbocycles. The Hall–Kier alpha value is -0.940. The summed E-state index contributed by atoms with van der Waals surface area (Å²) in [7, 11) is 0. The Morgan fingerprint density at radius 1 is 1.57 bits per heavy atom. The molecule has 0 radical (unpaired) electrons. The fourth-order valence-electron chi connectivity index (χ4n) is 0.951. The maximum Gasteiger partial charge on any atom is 0.161 e. The van der Waals surface area contributed by atoms with Gasteiger partial charge < -0.3 is 5.43 Å². The molecule has 0 bridgehead atoms. The summed E-state index contributed by atoms with van der Waals surface area (Å²) in [6, 6.07) is 3.94. The van der Waals surface area contributed by atoms with Gasteiger partial charge in [0.05, 0.1) is 0 Å². The van der Waals surface area contributed by atoms with Crippen LogP contribution in [0.25, 0.3) is 0 Å². The summed E-state index contributed by atoms with van der Waals surface area (Å²) < 4.78 is 0.933. The van der Waals surface area contributed by atoms with E-state index >= 15 is 0 Å². The van der Waals surface area contributed by atoms with Crippen LogP contribution in [-0.4, -0.2) is 16.9 Å². The van der Waals surface area contributed by atoms with Crippen molar-refractivity contribution in [3.63, 3.8) is 0 Å². The minimum absolute atomic E-state index is 0.187. The molecule has 0 aliphatic heterocycles. The molecule has 0 aliphatic carbocycles. The van der Waals surface area contributed by atoms with E-state index in [1.165, 1.54) is 0 Å². The van der Waals surface area contributed by atoms with E-state index in [4.69, 9.17) is 5.84 Å². The van der Waals surface area contributed by atoms with Gasteiger partial charge in [0.2, 0.25) is 0 Å². The second kappa shape index (κ2) is 5.07. The first kappa shape index (κ1) is 11.1. The topological polar surface area (TPSA) is 63.3 Å². The number of hydrazine groups is 1. The van der Waals surface area contributed by atoms with E-state index in [0.29, 0.717) is 5.84 Å². The number of aromatic nitrogens is 1. The van der Waals surface area contributed by atoms with Crippen LogP contribution in [0.15, 0.2) is 27.8 Å². The maximum atomic E-state index is 5.36. The van der Waals surface area contributed by atoms with Crippen molar-refractivity contribution < 1.29 is 0 Å². The van der Waals surface area contributed by atoms with Gasteiger partial charge in [-0.05, 0) is 41.9 Å². The van der Waals surface area contributed by atoms with Crippen molar-refractivity contribution in [1.82, 2.24) is 10.4 Å². The van der Waals surface area contributed by atoms with Crippen molar-refractivity contribution in [2.24, 2.45) is 10.8 Å². The van der Waals surface area contributed by atoms with Crippen LogP contribution in [-0.2, 0) is 0 Å². The van der Waals surface area contributed by atoms with Crippen LogP contribution in [0.4, 0.5) is 0 Å². The molecule has 4 nitrogen and oxygen atoms in total. The third-order valence-corrected chi connectivity index (χ3v) is 1.96. The third kappa shape index (κ3) is 3.08. The van der Waals surface area contributed by atoms with E-state index < -0.39 is 0 Å². The standard InChI is InChI=1S/C9H13BrN4/c1-6(2)13-9(14-11)8-4-3-7(10)5-12-8/h3-6H,11H2,1-2H3,(H,13,14). The number of nitrogens with one attached hydrogen (secondary N) is 1. The minimum atomic E-state index is 0.187. The summed E-state index contributed by atoms with van der Waals surface area (Å²) >= 11 is 3.31. The number of rotatable bonds is 2. The number of hydrogen-bond donors (Lipinski definition) is 2. The van der Waals surface area contributed by atoms with E-state index in [1.54, 1.807) is 6.20 Å². The highest BCUT2D eigenvalue weighted by Crippen LogP contribution is 2.07. The van der Waals surface area contributed by atoms with Gasteiger partial charge in [-0.3, -0.25) is 9.98 Å². The summed E-state index contributed by atoms with van der Waals surface area (Å²) in [5.41, 5.74) is 3.28. The maximum absolute atomic E-state index is 5.36. The Labute approximate surface area is 91.7 Å². The normalized spacial score (nSPS) is 11.9. The first-order valence-electron chi connectivity index (χ1n) is 4.30. The molecule has 5 heteroatoms. The SMILES string of the molecule is CC(C)N=C(NN)c1ccc(Br)cn1. The van der Waals surface area contributed by atoms with Crippen molar-refractivity contribution in [3.05, 3.63) is 28.5 Å². The molecule has 0 saturated heterocycles. The summed E-state index contributed by atoms with van der Waals surface area (Å²) in [6.07, 6.45) is 1.71. The Bertz CT molecular complexity index is 318. The number of amidine groups is 1. The van der Waals surface area contributed by atoms with Gasteiger partial charge in [-0.1, -0.05) is 0 Å². The van der Waals surface area contributed by atoms with Crippen molar-refractivity contribution in [2.45, 2.75) is 19.9 Å². The zero-order chi connectivity index (χ0) is 10.6. The zero-order valence-corrected chi connectivity index (χ0v) is 9.75. The van der Waals surface area contributed by atoms with Gasteiger partial charge in [0.25, 0.3) is 0 Å². The highest BCUT2D eigenvalue weighted by Gasteiger charge is 2.03. The molecule has 76 valence electrons. The van der Waals surface area contributed by atoms with Gasteiger partial charge in [-0.25, -0.2) is 5.84 Å². The molecular formula is C9H13BrN4. The number of pyridine rings is 1. The number of nitrogens with two attached hydrogens (primary N) is 1. The lowest BCUT2D eigenvalue weighted by Crippen LogP contribution is -2.32. The fraction of sp³-hybridized carbons (Fsp3) is 0.333. The second-order valence-electron chi connectivity index (χ2n) is 3.08. The zero-order valence-electron chi connectivity index (χ0n) is 8.16. The lowest BCUT2D eigenvalue weighted by atomic mass is 10.3. The Morgan fingerprint density at radius 2 is 2.29 bits per heavy atom. The molecule has 0 atom stereocenters. The molecule has 3 N–H and O–H groups in total. The molecule has 0 fully saturated rings. The quantitative estimate of drug-likeness (QED) is 0.365. The van der Waals surface area contributed by atoms with Crippen LogP contribution in [0.1, 0.15) is 19.5 Å². The van der Waals surface area contributed by atoms with E-state index in [1.807, 2.05) is 26.0 Å². The Balaban J connectivity index is 2.95. The highest BCUT2D eigenvalue weighted by molar-refractivity contribution is 9.10. The van der Waals surface area contributed by atoms with Crippen LogP contribution in [0.3, 0.4) is 0 Å². The van der Waals surface area contributed by atoms with Gasteiger partial charge in [-0.15, -0.1) is 0 Å². The predicted octanol–water partition coefficient (Wildman–Crippen LogP) is 1.46. The number of nitrogens with zero attached hydrogens (tertiary/aromatic N) is 2.